The maximum absolute atomic E-state index is 5.63. The Hall–Kier alpha value is -1.85. The standard InChI is InChI=1S/C16H22N2O3/c1-4-20-7-8-21-11-13-9-12-5-6-14(19-3)10-15(12)18-16(13)17-2/h5-6,9-10H,4,7-8,11H2,1-3H3,(H,17,18). The van der Waals surface area contributed by atoms with Crippen molar-refractivity contribution in [3.63, 3.8) is 0 Å². The predicted octanol–water partition coefficient (Wildman–Crippen LogP) is 2.84. The van der Waals surface area contributed by atoms with Gasteiger partial charge in [0.15, 0.2) is 0 Å². The number of fused-ring (bicyclic) bond motifs is 1. The van der Waals surface area contributed by atoms with Crippen molar-refractivity contribution in [1.29, 1.82) is 0 Å². The van der Waals surface area contributed by atoms with Crippen LogP contribution in [0.3, 0.4) is 0 Å². The van der Waals surface area contributed by atoms with Crippen molar-refractivity contribution in [2.45, 2.75) is 13.5 Å². The number of rotatable bonds is 8. The molecule has 21 heavy (non-hydrogen) atoms. The lowest BCUT2D eigenvalue weighted by atomic mass is 10.1. The van der Waals surface area contributed by atoms with E-state index in [0.717, 1.165) is 28.0 Å². The molecule has 1 heterocycles. The molecule has 0 bridgehead atoms. The van der Waals surface area contributed by atoms with Crippen LogP contribution >= 0.6 is 0 Å². The molecule has 0 aliphatic carbocycles. The molecule has 0 aliphatic heterocycles. The zero-order valence-electron chi connectivity index (χ0n) is 12.8. The average Bonchev–Trinajstić information content (AvgIpc) is 2.53. The summed E-state index contributed by atoms with van der Waals surface area (Å²) < 4.78 is 16.1. The summed E-state index contributed by atoms with van der Waals surface area (Å²) in [7, 11) is 3.51. The summed E-state index contributed by atoms with van der Waals surface area (Å²) in [6.45, 7) is 4.39. The molecule has 2 aromatic rings. The van der Waals surface area contributed by atoms with E-state index in [1.165, 1.54) is 0 Å². The molecule has 114 valence electrons. The van der Waals surface area contributed by atoms with E-state index < -0.39 is 0 Å². The number of methoxy groups -OCH3 is 1. The number of nitrogens with one attached hydrogen (secondary N) is 1. The van der Waals surface area contributed by atoms with Gasteiger partial charge in [-0.2, -0.15) is 0 Å². The van der Waals surface area contributed by atoms with E-state index >= 15 is 0 Å². The number of benzene rings is 1. The second-order valence-electron chi connectivity index (χ2n) is 4.55. The third-order valence-corrected chi connectivity index (χ3v) is 3.17. The predicted molar refractivity (Wildman–Crippen MR) is 84.0 cm³/mol. The molecule has 0 radical (unpaired) electrons. The smallest absolute Gasteiger partial charge is 0.131 e. The molecule has 0 spiro atoms. The van der Waals surface area contributed by atoms with Crippen LogP contribution in [0.25, 0.3) is 10.9 Å². The quantitative estimate of drug-likeness (QED) is 0.758. The van der Waals surface area contributed by atoms with Crippen molar-refractivity contribution in [2.75, 3.05) is 39.3 Å². The lowest BCUT2D eigenvalue weighted by molar-refractivity contribution is 0.0454. The van der Waals surface area contributed by atoms with Gasteiger partial charge in [-0.25, -0.2) is 4.98 Å². The molecule has 0 aliphatic rings. The summed E-state index contributed by atoms with van der Waals surface area (Å²) in [4.78, 5) is 4.61. The zero-order valence-corrected chi connectivity index (χ0v) is 12.8. The van der Waals surface area contributed by atoms with E-state index in [2.05, 4.69) is 16.4 Å². The molecule has 0 fully saturated rings. The highest BCUT2D eigenvalue weighted by Gasteiger charge is 2.07. The molecular formula is C16H22N2O3. The Morgan fingerprint density at radius 2 is 1.95 bits per heavy atom. The fourth-order valence-electron chi connectivity index (χ4n) is 2.09. The van der Waals surface area contributed by atoms with Crippen LogP contribution in [0.15, 0.2) is 24.3 Å². The minimum absolute atomic E-state index is 0.512. The van der Waals surface area contributed by atoms with Crippen LogP contribution in [0, 0.1) is 0 Å². The summed E-state index contributed by atoms with van der Waals surface area (Å²) >= 11 is 0. The molecule has 1 aromatic carbocycles. The fraction of sp³-hybridized carbons (Fsp3) is 0.438. The molecule has 5 heteroatoms. The molecule has 2 rings (SSSR count). The summed E-state index contributed by atoms with van der Waals surface area (Å²) in [5, 5.41) is 4.18. The van der Waals surface area contributed by atoms with Crippen LogP contribution in [0.4, 0.5) is 5.82 Å². The SMILES string of the molecule is CCOCCOCc1cc2ccc(OC)cc2nc1NC. The summed E-state index contributed by atoms with van der Waals surface area (Å²) in [5.41, 5.74) is 1.93. The first-order chi connectivity index (χ1) is 10.3. The number of pyridine rings is 1. The number of ether oxygens (including phenoxy) is 3. The number of anilines is 1. The summed E-state index contributed by atoms with van der Waals surface area (Å²) in [6, 6.07) is 7.96. The highest BCUT2D eigenvalue weighted by Crippen LogP contribution is 2.24. The molecule has 0 saturated carbocycles. The first-order valence-electron chi connectivity index (χ1n) is 7.09. The second-order valence-corrected chi connectivity index (χ2v) is 4.55. The highest BCUT2D eigenvalue weighted by atomic mass is 16.5. The molecule has 0 saturated heterocycles. The number of hydrogen-bond donors (Lipinski definition) is 1. The van der Waals surface area contributed by atoms with Crippen LogP contribution < -0.4 is 10.1 Å². The third kappa shape index (κ3) is 4.06. The van der Waals surface area contributed by atoms with Crippen LogP contribution in [-0.4, -0.2) is 39.0 Å². The maximum atomic E-state index is 5.63. The summed E-state index contributed by atoms with van der Waals surface area (Å²) in [6.07, 6.45) is 0. The Bertz CT molecular complexity index is 587. The molecular weight excluding hydrogens is 268 g/mol. The first kappa shape index (κ1) is 15.5. The van der Waals surface area contributed by atoms with Crippen molar-refractivity contribution in [1.82, 2.24) is 4.98 Å². The van der Waals surface area contributed by atoms with E-state index in [9.17, 15) is 0 Å². The number of aromatic nitrogens is 1. The van der Waals surface area contributed by atoms with Crippen molar-refractivity contribution >= 4 is 16.7 Å². The van der Waals surface area contributed by atoms with Crippen molar-refractivity contribution in [3.8, 4) is 5.75 Å². The Morgan fingerprint density at radius 3 is 2.67 bits per heavy atom. The van der Waals surface area contributed by atoms with Gasteiger partial charge >= 0.3 is 0 Å². The van der Waals surface area contributed by atoms with Crippen LogP contribution in [-0.2, 0) is 16.1 Å². The number of hydrogen-bond acceptors (Lipinski definition) is 5. The molecule has 0 unspecified atom stereocenters. The van der Waals surface area contributed by atoms with Gasteiger partial charge in [-0.15, -0.1) is 0 Å². The van der Waals surface area contributed by atoms with E-state index in [1.54, 1.807) is 7.11 Å². The van der Waals surface area contributed by atoms with Gasteiger partial charge in [0.05, 0.1) is 32.4 Å². The van der Waals surface area contributed by atoms with Gasteiger partial charge in [0, 0.05) is 30.7 Å². The summed E-state index contributed by atoms with van der Waals surface area (Å²) in [5.74, 6) is 1.63. The number of nitrogens with zero attached hydrogens (tertiary/aromatic N) is 1. The fourth-order valence-corrected chi connectivity index (χ4v) is 2.09. The van der Waals surface area contributed by atoms with E-state index in [4.69, 9.17) is 14.2 Å². The van der Waals surface area contributed by atoms with Gasteiger partial charge in [-0.05, 0) is 25.1 Å². The Balaban J connectivity index is 2.14. The first-order valence-corrected chi connectivity index (χ1v) is 7.09. The van der Waals surface area contributed by atoms with Gasteiger partial charge in [-0.1, -0.05) is 0 Å². The van der Waals surface area contributed by atoms with E-state index in [0.29, 0.717) is 26.4 Å². The van der Waals surface area contributed by atoms with Gasteiger partial charge in [-0.3, -0.25) is 0 Å². The largest absolute Gasteiger partial charge is 0.497 e. The average molecular weight is 290 g/mol. The molecule has 0 atom stereocenters. The Labute approximate surface area is 125 Å². The van der Waals surface area contributed by atoms with Gasteiger partial charge in [0.1, 0.15) is 11.6 Å². The van der Waals surface area contributed by atoms with Crippen LogP contribution in [0.2, 0.25) is 0 Å². The van der Waals surface area contributed by atoms with Crippen molar-refractivity contribution in [2.24, 2.45) is 0 Å². The highest BCUT2D eigenvalue weighted by molar-refractivity contribution is 5.83. The normalized spacial score (nSPS) is 10.8. The van der Waals surface area contributed by atoms with Crippen molar-refractivity contribution in [3.05, 3.63) is 29.8 Å². The van der Waals surface area contributed by atoms with Gasteiger partial charge in [0.2, 0.25) is 0 Å². The zero-order chi connectivity index (χ0) is 15.1. The van der Waals surface area contributed by atoms with Crippen molar-refractivity contribution < 1.29 is 14.2 Å². The van der Waals surface area contributed by atoms with Crippen LogP contribution in [0.1, 0.15) is 12.5 Å². The Kier molecular flexibility index (Phi) is 5.78. The monoisotopic (exact) mass is 290 g/mol. The van der Waals surface area contributed by atoms with E-state index in [1.807, 2.05) is 32.2 Å². The molecule has 5 nitrogen and oxygen atoms in total. The molecule has 1 N–H and O–H groups in total. The van der Waals surface area contributed by atoms with E-state index in [-0.39, 0.29) is 0 Å². The maximum Gasteiger partial charge on any atom is 0.131 e. The van der Waals surface area contributed by atoms with Gasteiger partial charge in [0.25, 0.3) is 0 Å². The molecule has 0 amide bonds. The topological polar surface area (TPSA) is 52.6 Å². The minimum atomic E-state index is 0.512. The van der Waals surface area contributed by atoms with Crippen LogP contribution in [0.5, 0.6) is 5.75 Å². The lowest BCUT2D eigenvalue weighted by Crippen LogP contribution is -2.06. The lowest BCUT2D eigenvalue weighted by Gasteiger charge is -2.11. The third-order valence-electron chi connectivity index (χ3n) is 3.17. The van der Waals surface area contributed by atoms with Gasteiger partial charge < -0.3 is 19.5 Å². The Morgan fingerprint density at radius 1 is 1.14 bits per heavy atom. The second kappa shape index (κ2) is 7.81. The molecule has 1 aromatic heterocycles. The minimum Gasteiger partial charge on any atom is -0.497 e.